The van der Waals surface area contributed by atoms with Crippen LogP contribution >= 0.6 is 11.6 Å². The van der Waals surface area contributed by atoms with Crippen LogP contribution < -0.4 is 4.74 Å². The summed E-state index contributed by atoms with van der Waals surface area (Å²) in [5.74, 6) is 0.902. The third-order valence-corrected chi connectivity index (χ3v) is 6.62. The summed E-state index contributed by atoms with van der Waals surface area (Å²) in [6.45, 7) is 12.7. The molecule has 2 aromatic rings. The number of hydrogen-bond donors (Lipinski definition) is 0. The minimum atomic E-state index is -0.480. The number of ether oxygens (including phenoxy) is 1. The number of carbonyl (C=O) groups excluding carboxylic acids is 1. The van der Waals surface area contributed by atoms with Gasteiger partial charge in [0.05, 0.1) is 11.6 Å². The first-order valence-corrected chi connectivity index (χ1v) is 11.8. The van der Waals surface area contributed by atoms with E-state index in [1.807, 2.05) is 32.0 Å². The summed E-state index contributed by atoms with van der Waals surface area (Å²) < 4.78 is 19.9. The quantitative estimate of drug-likeness (QED) is 0.391. The van der Waals surface area contributed by atoms with E-state index in [4.69, 9.17) is 16.3 Å². The maximum atomic E-state index is 13.7. The molecule has 0 aromatic heterocycles. The molecule has 3 rings (SSSR count). The van der Waals surface area contributed by atoms with Crippen LogP contribution in [0.4, 0.5) is 4.39 Å². The van der Waals surface area contributed by atoms with Crippen LogP contribution in [-0.2, 0) is 4.79 Å². The molecule has 0 saturated carbocycles. The minimum Gasteiger partial charge on any atom is -0.493 e. The summed E-state index contributed by atoms with van der Waals surface area (Å²) in [4.78, 5) is 14.5. The van der Waals surface area contributed by atoms with Gasteiger partial charge in [-0.15, -0.1) is 0 Å². The van der Waals surface area contributed by atoms with Gasteiger partial charge >= 0.3 is 0 Å². The number of allylic oxidation sites excluding steroid dienone is 3. The Kier molecular flexibility index (Phi) is 8.50. The molecule has 1 unspecified atom stereocenters. The van der Waals surface area contributed by atoms with Gasteiger partial charge in [-0.2, -0.15) is 0 Å². The molecular formula is C28H33ClFNO2. The molecule has 0 amide bonds. The van der Waals surface area contributed by atoms with E-state index in [1.54, 1.807) is 19.1 Å². The SMILES string of the molecule is C=C(/C(CC(C)=O)=C(/C)c1cc(OCC2CCCN(C)C2)ccc1C)c1ccc(F)c(Cl)c1. The van der Waals surface area contributed by atoms with E-state index in [9.17, 15) is 9.18 Å². The fourth-order valence-electron chi connectivity index (χ4n) is 4.45. The molecule has 33 heavy (non-hydrogen) atoms. The Bertz CT molecular complexity index is 1080. The number of rotatable bonds is 8. The standard InChI is InChI=1S/C28H33ClFNO2/c1-18-8-10-24(33-17-22-7-6-12-31(5)16-22)15-25(18)21(4)26(13-19(2)32)20(3)23-9-11-28(30)27(29)14-23/h8-11,14-15,22H,3,6-7,12-13,16-17H2,1-2,4-5H3/b26-21-. The molecule has 1 aliphatic heterocycles. The summed E-state index contributed by atoms with van der Waals surface area (Å²) in [6.07, 6.45) is 2.62. The largest absolute Gasteiger partial charge is 0.493 e. The maximum absolute atomic E-state index is 13.7. The average molecular weight is 470 g/mol. The van der Waals surface area contributed by atoms with E-state index >= 15 is 0 Å². The minimum absolute atomic E-state index is 0.0326. The normalized spacial score (nSPS) is 17.5. The lowest BCUT2D eigenvalue weighted by Gasteiger charge is -2.29. The van der Waals surface area contributed by atoms with Gasteiger partial charge in [0.1, 0.15) is 17.3 Å². The molecule has 0 N–H and O–H groups in total. The smallest absolute Gasteiger partial charge is 0.141 e. The van der Waals surface area contributed by atoms with Gasteiger partial charge in [-0.05, 0) is 105 Å². The molecule has 0 aliphatic carbocycles. The van der Waals surface area contributed by atoms with Crippen molar-refractivity contribution in [3.05, 3.63) is 76.1 Å². The Morgan fingerprint density at radius 1 is 1.24 bits per heavy atom. The average Bonchev–Trinajstić information content (AvgIpc) is 2.78. The van der Waals surface area contributed by atoms with E-state index in [0.717, 1.165) is 41.1 Å². The van der Waals surface area contributed by atoms with E-state index in [1.165, 1.54) is 18.9 Å². The highest BCUT2D eigenvalue weighted by molar-refractivity contribution is 6.31. The van der Waals surface area contributed by atoms with Gasteiger partial charge < -0.3 is 9.64 Å². The molecule has 1 heterocycles. The summed E-state index contributed by atoms with van der Waals surface area (Å²) >= 11 is 6.00. The number of piperidine rings is 1. The molecule has 1 aliphatic rings. The molecule has 0 radical (unpaired) electrons. The topological polar surface area (TPSA) is 29.5 Å². The van der Waals surface area contributed by atoms with Gasteiger partial charge in [-0.1, -0.05) is 30.3 Å². The van der Waals surface area contributed by atoms with Gasteiger partial charge in [0.2, 0.25) is 0 Å². The van der Waals surface area contributed by atoms with Crippen molar-refractivity contribution in [3.63, 3.8) is 0 Å². The Morgan fingerprint density at radius 3 is 2.67 bits per heavy atom. The number of benzene rings is 2. The Hall–Kier alpha value is -2.43. The molecule has 3 nitrogen and oxygen atoms in total. The van der Waals surface area contributed by atoms with Crippen LogP contribution in [0.1, 0.15) is 49.8 Å². The van der Waals surface area contributed by atoms with Crippen LogP contribution in [0.3, 0.4) is 0 Å². The molecule has 2 aromatic carbocycles. The molecule has 1 atom stereocenters. The maximum Gasteiger partial charge on any atom is 0.141 e. The van der Waals surface area contributed by atoms with Gasteiger partial charge in [-0.3, -0.25) is 4.79 Å². The second-order valence-electron chi connectivity index (χ2n) is 9.15. The number of likely N-dealkylation sites (tertiary alicyclic amines) is 1. The molecule has 0 bridgehead atoms. The zero-order valence-electron chi connectivity index (χ0n) is 20.0. The van der Waals surface area contributed by atoms with Crippen molar-refractivity contribution in [1.29, 1.82) is 0 Å². The fourth-order valence-corrected chi connectivity index (χ4v) is 4.63. The van der Waals surface area contributed by atoms with Crippen molar-refractivity contribution in [2.75, 3.05) is 26.7 Å². The van der Waals surface area contributed by atoms with Crippen LogP contribution in [0.25, 0.3) is 11.1 Å². The van der Waals surface area contributed by atoms with Crippen molar-refractivity contribution in [2.24, 2.45) is 5.92 Å². The number of hydrogen-bond acceptors (Lipinski definition) is 3. The van der Waals surface area contributed by atoms with E-state index in [-0.39, 0.29) is 17.2 Å². The van der Waals surface area contributed by atoms with Crippen molar-refractivity contribution < 1.29 is 13.9 Å². The predicted molar refractivity (Wildman–Crippen MR) is 135 cm³/mol. The third-order valence-electron chi connectivity index (χ3n) is 6.33. The van der Waals surface area contributed by atoms with Crippen LogP contribution in [0.2, 0.25) is 5.02 Å². The number of ketones is 1. The van der Waals surface area contributed by atoms with Crippen LogP contribution in [0.15, 0.2) is 48.6 Å². The molecule has 176 valence electrons. The zero-order chi connectivity index (χ0) is 24.1. The Labute approximate surface area is 201 Å². The molecule has 5 heteroatoms. The van der Waals surface area contributed by atoms with Crippen molar-refractivity contribution in [2.45, 2.75) is 40.0 Å². The number of halogens is 2. The molecule has 1 saturated heterocycles. The Morgan fingerprint density at radius 2 is 2.00 bits per heavy atom. The van der Waals surface area contributed by atoms with Crippen LogP contribution in [-0.4, -0.2) is 37.4 Å². The van der Waals surface area contributed by atoms with Crippen molar-refractivity contribution in [3.8, 4) is 5.75 Å². The molecular weight excluding hydrogens is 437 g/mol. The molecule has 1 fully saturated rings. The zero-order valence-corrected chi connectivity index (χ0v) is 20.8. The number of Topliss-reactive ketones (excluding diaryl/α,β-unsaturated/α-hetero) is 1. The van der Waals surface area contributed by atoms with Crippen molar-refractivity contribution in [1.82, 2.24) is 4.90 Å². The third kappa shape index (κ3) is 6.55. The van der Waals surface area contributed by atoms with E-state index in [0.29, 0.717) is 23.7 Å². The summed E-state index contributed by atoms with van der Waals surface area (Å²) in [5, 5.41) is 0.0356. The summed E-state index contributed by atoms with van der Waals surface area (Å²) in [5.41, 5.74) is 5.24. The second-order valence-corrected chi connectivity index (χ2v) is 9.56. The van der Waals surface area contributed by atoms with Gasteiger partial charge in [-0.25, -0.2) is 4.39 Å². The predicted octanol–water partition coefficient (Wildman–Crippen LogP) is 6.97. The summed E-state index contributed by atoms with van der Waals surface area (Å²) in [7, 11) is 2.15. The van der Waals surface area contributed by atoms with Gasteiger partial charge in [0, 0.05) is 18.9 Å². The van der Waals surface area contributed by atoms with Crippen molar-refractivity contribution >= 4 is 28.5 Å². The number of nitrogens with zero attached hydrogens (tertiary/aromatic N) is 1. The highest BCUT2D eigenvalue weighted by Gasteiger charge is 2.19. The van der Waals surface area contributed by atoms with Gasteiger partial charge in [0.25, 0.3) is 0 Å². The first-order valence-electron chi connectivity index (χ1n) is 11.4. The summed E-state index contributed by atoms with van der Waals surface area (Å²) in [6, 6.07) is 10.6. The second kappa shape index (κ2) is 11.1. The lowest BCUT2D eigenvalue weighted by molar-refractivity contribution is -0.116. The highest BCUT2D eigenvalue weighted by atomic mass is 35.5. The number of aryl methyl sites for hydroxylation is 1. The van der Waals surface area contributed by atoms with E-state index in [2.05, 4.69) is 18.5 Å². The first kappa shape index (κ1) is 25.2. The lowest BCUT2D eigenvalue weighted by atomic mass is 9.88. The van der Waals surface area contributed by atoms with Crippen LogP contribution in [0, 0.1) is 18.7 Å². The molecule has 0 spiro atoms. The first-order chi connectivity index (χ1) is 15.7. The van der Waals surface area contributed by atoms with Crippen LogP contribution in [0.5, 0.6) is 5.75 Å². The Balaban J connectivity index is 1.91. The van der Waals surface area contributed by atoms with Gasteiger partial charge in [0.15, 0.2) is 0 Å². The lowest BCUT2D eigenvalue weighted by Crippen LogP contribution is -2.34. The number of carbonyl (C=O) groups is 1. The monoisotopic (exact) mass is 469 g/mol. The highest BCUT2D eigenvalue weighted by Crippen LogP contribution is 2.35. The van der Waals surface area contributed by atoms with E-state index < -0.39 is 5.82 Å². The fraction of sp³-hybridized carbons (Fsp3) is 0.393.